The van der Waals surface area contributed by atoms with Gasteiger partial charge in [0, 0.05) is 18.3 Å². The largest absolute Gasteiger partial charge is 0.362 e. The van der Waals surface area contributed by atoms with E-state index in [4.69, 9.17) is 11.6 Å². The molecule has 0 radical (unpaired) electrons. The van der Waals surface area contributed by atoms with Crippen LogP contribution in [0.4, 0.5) is 11.5 Å². The van der Waals surface area contributed by atoms with E-state index < -0.39 is 4.92 Å². The molecule has 0 aromatic carbocycles. The van der Waals surface area contributed by atoms with Crippen molar-refractivity contribution < 1.29 is 4.92 Å². The third-order valence-electron chi connectivity index (χ3n) is 2.17. The van der Waals surface area contributed by atoms with Crippen LogP contribution in [0.3, 0.4) is 0 Å². The van der Waals surface area contributed by atoms with Crippen LogP contribution in [0.2, 0.25) is 5.02 Å². The van der Waals surface area contributed by atoms with Crippen molar-refractivity contribution in [2.75, 3.05) is 17.3 Å². The fraction of sp³-hybridized carbons (Fsp3) is 0.500. The number of halogens is 1. The minimum atomic E-state index is -0.484. The number of hydrogen-bond acceptors (Lipinski definition) is 5. The quantitative estimate of drug-likeness (QED) is 0.638. The van der Waals surface area contributed by atoms with E-state index in [2.05, 4.69) is 10.3 Å². The van der Waals surface area contributed by atoms with Crippen LogP contribution < -0.4 is 5.32 Å². The average Bonchev–Trinajstić information content (AvgIpc) is 2.28. The highest BCUT2D eigenvalue weighted by molar-refractivity contribution is 7.98. The van der Waals surface area contributed by atoms with Crippen molar-refractivity contribution in [3.8, 4) is 0 Å². The van der Waals surface area contributed by atoms with Crippen LogP contribution in [-0.4, -0.2) is 28.0 Å². The van der Waals surface area contributed by atoms with Gasteiger partial charge in [0.05, 0.1) is 9.95 Å². The summed E-state index contributed by atoms with van der Waals surface area (Å²) in [6.45, 7) is 1.97. The van der Waals surface area contributed by atoms with Gasteiger partial charge in [-0.05, 0) is 25.4 Å². The molecule has 1 aromatic heterocycles. The van der Waals surface area contributed by atoms with E-state index in [-0.39, 0.29) is 22.6 Å². The molecule has 1 heterocycles. The third kappa shape index (κ3) is 4.40. The van der Waals surface area contributed by atoms with E-state index in [9.17, 15) is 10.1 Å². The molecule has 1 atom stereocenters. The van der Waals surface area contributed by atoms with Crippen molar-refractivity contribution in [1.82, 2.24) is 4.98 Å². The molecule has 94 valence electrons. The number of aromatic nitrogens is 1. The van der Waals surface area contributed by atoms with E-state index in [1.165, 1.54) is 12.3 Å². The Kier molecular flexibility index (Phi) is 5.50. The van der Waals surface area contributed by atoms with Crippen molar-refractivity contribution >= 4 is 34.9 Å². The first-order chi connectivity index (χ1) is 8.04. The minimum Gasteiger partial charge on any atom is -0.362 e. The van der Waals surface area contributed by atoms with Gasteiger partial charge in [-0.25, -0.2) is 4.98 Å². The molecule has 1 rings (SSSR count). The Bertz CT molecular complexity index is 403. The van der Waals surface area contributed by atoms with Gasteiger partial charge in [0.15, 0.2) is 0 Å². The summed E-state index contributed by atoms with van der Waals surface area (Å²) in [6.07, 6.45) is 4.34. The molecule has 0 bridgehead atoms. The van der Waals surface area contributed by atoms with Crippen molar-refractivity contribution in [3.05, 3.63) is 27.4 Å². The van der Waals surface area contributed by atoms with Crippen molar-refractivity contribution in [3.63, 3.8) is 0 Å². The Morgan fingerprint density at radius 1 is 1.71 bits per heavy atom. The maximum absolute atomic E-state index is 10.8. The highest BCUT2D eigenvalue weighted by Gasteiger charge is 2.17. The second-order valence-corrected chi connectivity index (χ2v) is 5.03. The lowest BCUT2D eigenvalue weighted by Crippen LogP contribution is -2.17. The van der Waals surface area contributed by atoms with Crippen LogP contribution in [0, 0.1) is 10.1 Å². The smallest absolute Gasteiger partial charge is 0.312 e. The fourth-order valence-corrected chi connectivity index (χ4v) is 2.02. The molecule has 0 saturated heterocycles. The maximum atomic E-state index is 10.8. The van der Waals surface area contributed by atoms with E-state index in [0.29, 0.717) is 0 Å². The summed E-state index contributed by atoms with van der Waals surface area (Å²) in [6, 6.07) is 1.44. The Hall–Kier alpha value is -1.01. The van der Waals surface area contributed by atoms with Crippen LogP contribution in [0.1, 0.15) is 13.3 Å². The molecule has 0 saturated carbocycles. The lowest BCUT2D eigenvalue weighted by Gasteiger charge is -2.13. The molecule has 0 fully saturated rings. The summed E-state index contributed by atoms with van der Waals surface area (Å²) in [5.74, 6) is 1.27. The molecule has 0 amide bonds. The molecule has 0 aliphatic heterocycles. The fourth-order valence-electron chi connectivity index (χ4n) is 1.28. The SMILES string of the molecule is CSCCC(C)Nc1ncc(Cl)cc1[N+](=O)[O-]. The van der Waals surface area contributed by atoms with Crippen molar-refractivity contribution in [2.45, 2.75) is 19.4 Å². The Balaban J connectivity index is 2.79. The van der Waals surface area contributed by atoms with Gasteiger partial charge in [0.25, 0.3) is 0 Å². The first-order valence-corrected chi connectivity index (χ1v) is 6.87. The zero-order valence-corrected chi connectivity index (χ0v) is 11.2. The van der Waals surface area contributed by atoms with Crippen LogP contribution in [-0.2, 0) is 0 Å². The number of pyridine rings is 1. The van der Waals surface area contributed by atoms with Crippen LogP contribution in [0.15, 0.2) is 12.3 Å². The number of thioether (sulfide) groups is 1. The Morgan fingerprint density at radius 3 is 3.00 bits per heavy atom. The van der Waals surface area contributed by atoms with Gasteiger partial charge in [-0.15, -0.1) is 0 Å². The van der Waals surface area contributed by atoms with Gasteiger partial charge >= 0.3 is 5.69 Å². The predicted octanol–water partition coefficient (Wildman–Crippen LogP) is 3.20. The van der Waals surface area contributed by atoms with Crippen molar-refractivity contribution in [1.29, 1.82) is 0 Å². The number of hydrogen-bond donors (Lipinski definition) is 1. The van der Waals surface area contributed by atoms with Crippen LogP contribution in [0.25, 0.3) is 0 Å². The molecule has 7 heteroatoms. The van der Waals surface area contributed by atoms with Gasteiger partial charge < -0.3 is 5.32 Å². The van der Waals surface area contributed by atoms with E-state index in [1.54, 1.807) is 11.8 Å². The molecular weight excluding hydrogens is 262 g/mol. The lowest BCUT2D eigenvalue weighted by atomic mass is 10.2. The van der Waals surface area contributed by atoms with Gasteiger partial charge in [-0.1, -0.05) is 11.6 Å². The van der Waals surface area contributed by atoms with Crippen LogP contribution in [0.5, 0.6) is 0 Å². The molecule has 0 spiro atoms. The van der Waals surface area contributed by atoms with Gasteiger partial charge in [-0.2, -0.15) is 11.8 Å². The monoisotopic (exact) mass is 275 g/mol. The molecule has 1 N–H and O–H groups in total. The summed E-state index contributed by atoms with van der Waals surface area (Å²) >= 11 is 7.42. The summed E-state index contributed by atoms with van der Waals surface area (Å²) in [7, 11) is 0. The molecule has 0 aliphatic rings. The predicted molar refractivity (Wildman–Crippen MR) is 72.0 cm³/mol. The van der Waals surface area contributed by atoms with Crippen LogP contribution >= 0.6 is 23.4 Å². The number of anilines is 1. The second kappa shape index (κ2) is 6.66. The summed E-state index contributed by atoms with van der Waals surface area (Å²) in [4.78, 5) is 14.3. The number of nitrogens with one attached hydrogen (secondary N) is 1. The zero-order chi connectivity index (χ0) is 12.8. The van der Waals surface area contributed by atoms with Gasteiger partial charge in [0.2, 0.25) is 5.82 Å². The third-order valence-corrected chi connectivity index (χ3v) is 3.02. The highest BCUT2D eigenvalue weighted by atomic mass is 35.5. The average molecular weight is 276 g/mol. The molecule has 0 aliphatic carbocycles. The highest BCUT2D eigenvalue weighted by Crippen LogP contribution is 2.25. The van der Waals surface area contributed by atoms with Gasteiger partial charge in [-0.3, -0.25) is 10.1 Å². The van der Waals surface area contributed by atoms with Gasteiger partial charge in [0.1, 0.15) is 0 Å². The normalized spacial score (nSPS) is 12.2. The number of rotatable bonds is 6. The van der Waals surface area contributed by atoms with Crippen molar-refractivity contribution in [2.24, 2.45) is 0 Å². The molecule has 17 heavy (non-hydrogen) atoms. The first-order valence-electron chi connectivity index (χ1n) is 5.10. The zero-order valence-electron chi connectivity index (χ0n) is 9.64. The Morgan fingerprint density at radius 2 is 2.41 bits per heavy atom. The summed E-state index contributed by atoms with van der Waals surface area (Å²) in [5, 5.41) is 14.1. The van der Waals surface area contributed by atoms with E-state index in [0.717, 1.165) is 12.2 Å². The second-order valence-electron chi connectivity index (χ2n) is 3.61. The Labute approximate surface area is 109 Å². The van der Waals surface area contributed by atoms with E-state index >= 15 is 0 Å². The topological polar surface area (TPSA) is 68.1 Å². The lowest BCUT2D eigenvalue weighted by molar-refractivity contribution is -0.384. The number of nitro groups is 1. The molecule has 1 aromatic rings. The van der Waals surface area contributed by atoms with E-state index in [1.807, 2.05) is 13.2 Å². The summed E-state index contributed by atoms with van der Waals surface area (Å²) in [5.41, 5.74) is -0.0894. The summed E-state index contributed by atoms with van der Waals surface area (Å²) < 4.78 is 0. The molecular formula is C10H14ClN3O2S. The number of nitrogens with zero attached hydrogens (tertiary/aromatic N) is 2. The molecule has 5 nitrogen and oxygen atoms in total. The molecule has 1 unspecified atom stereocenters. The minimum absolute atomic E-state index is 0.0894. The maximum Gasteiger partial charge on any atom is 0.312 e. The first kappa shape index (κ1) is 14.1. The standard InChI is InChI=1S/C10H14ClN3O2S/c1-7(3-4-17-2)13-10-9(14(15)16)5-8(11)6-12-10/h5-7H,3-4H2,1-2H3,(H,12,13).